The second-order valence-corrected chi connectivity index (χ2v) is 8.71. The number of rotatable bonds is 7. The molecule has 2 aromatic heterocycles. The van der Waals surface area contributed by atoms with Crippen molar-refractivity contribution in [1.29, 1.82) is 0 Å². The van der Waals surface area contributed by atoms with Gasteiger partial charge in [0.2, 0.25) is 11.8 Å². The zero-order valence-electron chi connectivity index (χ0n) is 17.7. The van der Waals surface area contributed by atoms with E-state index in [1.165, 1.54) is 6.26 Å². The smallest absolute Gasteiger partial charge is 0.264 e. The SMILES string of the molecule is CNCc1cc(-c2ncco2)ccc1-c1ccccc1S(=O)(=O)Nc1onc(C)c1C.Cl. The van der Waals surface area contributed by atoms with Crippen LogP contribution in [0, 0.1) is 13.8 Å². The van der Waals surface area contributed by atoms with E-state index in [0.717, 1.165) is 16.7 Å². The fourth-order valence-electron chi connectivity index (χ4n) is 3.30. The Morgan fingerprint density at radius 1 is 1.06 bits per heavy atom. The number of anilines is 1. The van der Waals surface area contributed by atoms with Crippen molar-refractivity contribution in [1.82, 2.24) is 15.5 Å². The highest BCUT2D eigenvalue weighted by molar-refractivity contribution is 7.92. The quantitative estimate of drug-likeness (QED) is 0.404. The van der Waals surface area contributed by atoms with E-state index in [-0.39, 0.29) is 23.2 Å². The predicted octanol–water partition coefficient (Wildman–Crippen LogP) is 4.56. The lowest BCUT2D eigenvalue weighted by Gasteiger charge is -2.15. The molecule has 0 radical (unpaired) electrons. The van der Waals surface area contributed by atoms with Gasteiger partial charge >= 0.3 is 0 Å². The fraction of sp³-hybridized carbons (Fsp3) is 0.182. The molecule has 2 heterocycles. The van der Waals surface area contributed by atoms with Crippen LogP contribution in [-0.4, -0.2) is 25.6 Å². The van der Waals surface area contributed by atoms with E-state index in [0.29, 0.717) is 29.3 Å². The van der Waals surface area contributed by atoms with Crippen molar-refractivity contribution in [2.24, 2.45) is 0 Å². The topological polar surface area (TPSA) is 110 Å². The molecule has 0 aliphatic heterocycles. The number of sulfonamides is 1. The third kappa shape index (κ3) is 4.55. The first kappa shape index (κ1) is 23.5. The highest BCUT2D eigenvalue weighted by Gasteiger charge is 2.24. The van der Waals surface area contributed by atoms with Gasteiger partial charge < -0.3 is 14.3 Å². The lowest BCUT2D eigenvalue weighted by molar-refractivity contribution is 0.430. The normalized spacial score (nSPS) is 11.2. The van der Waals surface area contributed by atoms with Gasteiger partial charge in [-0.3, -0.25) is 0 Å². The summed E-state index contributed by atoms with van der Waals surface area (Å²) in [6, 6.07) is 12.5. The number of aromatic nitrogens is 2. The van der Waals surface area contributed by atoms with Crippen molar-refractivity contribution in [3.8, 4) is 22.6 Å². The van der Waals surface area contributed by atoms with Crippen molar-refractivity contribution in [3.05, 3.63) is 71.7 Å². The molecule has 0 bridgehead atoms. The summed E-state index contributed by atoms with van der Waals surface area (Å²) in [5.41, 5.74) is 4.36. The molecule has 8 nitrogen and oxygen atoms in total. The number of hydrogen-bond acceptors (Lipinski definition) is 7. The summed E-state index contributed by atoms with van der Waals surface area (Å²) >= 11 is 0. The molecule has 0 fully saturated rings. The van der Waals surface area contributed by atoms with E-state index >= 15 is 0 Å². The highest BCUT2D eigenvalue weighted by Crippen LogP contribution is 2.34. The maximum absolute atomic E-state index is 13.2. The molecule has 0 spiro atoms. The molecular weight excluding hydrogens is 452 g/mol. The Hall–Kier alpha value is -3.14. The minimum Gasteiger partial charge on any atom is -0.445 e. The van der Waals surface area contributed by atoms with Crippen molar-refractivity contribution >= 4 is 28.3 Å². The summed E-state index contributed by atoms with van der Waals surface area (Å²) in [5, 5.41) is 6.96. The van der Waals surface area contributed by atoms with Gasteiger partial charge in [0.15, 0.2) is 0 Å². The van der Waals surface area contributed by atoms with Crippen LogP contribution in [0.1, 0.15) is 16.8 Å². The molecule has 0 unspecified atom stereocenters. The average molecular weight is 475 g/mol. The van der Waals surface area contributed by atoms with Crippen molar-refractivity contribution in [2.45, 2.75) is 25.3 Å². The van der Waals surface area contributed by atoms with Gasteiger partial charge in [-0.2, -0.15) is 0 Å². The molecule has 2 N–H and O–H groups in total. The van der Waals surface area contributed by atoms with E-state index in [4.69, 9.17) is 8.94 Å². The average Bonchev–Trinajstić information content (AvgIpc) is 3.40. The molecule has 2 aromatic carbocycles. The number of halogens is 1. The zero-order chi connectivity index (χ0) is 22.0. The maximum atomic E-state index is 13.2. The number of hydrogen-bond donors (Lipinski definition) is 2. The molecule has 0 aliphatic carbocycles. The first-order valence-electron chi connectivity index (χ1n) is 9.63. The fourth-order valence-corrected chi connectivity index (χ4v) is 4.57. The maximum Gasteiger partial charge on any atom is 0.264 e. The number of nitrogens with one attached hydrogen (secondary N) is 2. The first-order chi connectivity index (χ1) is 14.9. The predicted molar refractivity (Wildman–Crippen MR) is 124 cm³/mol. The molecule has 0 aliphatic rings. The Morgan fingerprint density at radius 3 is 2.50 bits per heavy atom. The van der Waals surface area contributed by atoms with Gasteiger partial charge in [-0.1, -0.05) is 29.4 Å². The van der Waals surface area contributed by atoms with Gasteiger partial charge in [-0.05, 0) is 50.2 Å². The number of benzene rings is 2. The second-order valence-electron chi connectivity index (χ2n) is 7.06. The first-order valence-corrected chi connectivity index (χ1v) is 11.1. The molecule has 10 heteroatoms. The van der Waals surface area contributed by atoms with Crippen LogP contribution in [0.25, 0.3) is 22.6 Å². The molecule has 4 rings (SSSR count). The summed E-state index contributed by atoms with van der Waals surface area (Å²) in [6.07, 6.45) is 3.10. The third-order valence-electron chi connectivity index (χ3n) is 5.00. The second kappa shape index (κ2) is 9.56. The molecule has 4 aromatic rings. The van der Waals surface area contributed by atoms with Gasteiger partial charge in [0, 0.05) is 23.2 Å². The van der Waals surface area contributed by atoms with Gasteiger partial charge in [-0.25, -0.2) is 18.1 Å². The van der Waals surface area contributed by atoms with E-state index in [1.807, 2.05) is 31.3 Å². The van der Waals surface area contributed by atoms with Gasteiger partial charge in [0.05, 0.1) is 16.8 Å². The third-order valence-corrected chi connectivity index (χ3v) is 6.39. The Morgan fingerprint density at radius 2 is 1.84 bits per heavy atom. The summed E-state index contributed by atoms with van der Waals surface area (Å²) in [7, 11) is -2.09. The van der Waals surface area contributed by atoms with E-state index in [9.17, 15) is 8.42 Å². The minimum atomic E-state index is -3.92. The van der Waals surface area contributed by atoms with Gasteiger partial charge in [0.1, 0.15) is 6.26 Å². The summed E-state index contributed by atoms with van der Waals surface area (Å²) in [6.45, 7) is 4.04. The lowest BCUT2D eigenvalue weighted by atomic mass is 9.97. The highest BCUT2D eigenvalue weighted by atomic mass is 35.5. The summed E-state index contributed by atoms with van der Waals surface area (Å²) < 4.78 is 39.6. The standard InChI is InChI=1S/C22H22N4O4S.ClH/c1-14-15(2)25-30-21(14)26-31(27,28)20-7-5-4-6-19(20)18-9-8-16(12-17(18)13-23-3)22-24-10-11-29-22;/h4-12,23,26H,13H2,1-3H3;1H. The van der Waals surface area contributed by atoms with Crippen LogP contribution in [-0.2, 0) is 16.6 Å². The Kier molecular flexibility index (Phi) is 7.02. The summed E-state index contributed by atoms with van der Waals surface area (Å²) in [4.78, 5) is 4.34. The molecule has 0 amide bonds. The van der Waals surface area contributed by atoms with Crippen LogP contribution in [0.2, 0.25) is 0 Å². The number of aryl methyl sites for hydroxylation is 1. The van der Waals surface area contributed by atoms with Gasteiger partial charge in [-0.15, -0.1) is 12.4 Å². The molecular formula is C22H23ClN4O4S. The van der Waals surface area contributed by atoms with Crippen molar-refractivity contribution in [2.75, 3.05) is 11.8 Å². The van der Waals surface area contributed by atoms with E-state index < -0.39 is 10.0 Å². The van der Waals surface area contributed by atoms with Gasteiger partial charge in [0.25, 0.3) is 10.0 Å². The van der Waals surface area contributed by atoms with E-state index in [1.54, 1.807) is 38.2 Å². The number of oxazole rings is 1. The molecule has 0 atom stereocenters. The lowest BCUT2D eigenvalue weighted by Crippen LogP contribution is -2.15. The van der Waals surface area contributed by atoms with E-state index in [2.05, 4.69) is 20.2 Å². The van der Waals surface area contributed by atoms with Crippen LogP contribution in [0.15, 0.2) is 68.8 Å². The molecule has 32 heavy (non-hydrogen) atoms. The molecule has 0 saturated heterocycles. The molecule has 168 valence electrons. The van der Waals surface area contributed by atoms with Crippen LogP contribution < -0.4 is 10.0 Å². The van der Waals surface area contributed by atoms with Crippen LogP contribution in [0.4, 0.5) is 5.88 Å². The Labute approximate surface area is 192 Å². The van der Waals surface area contributed by atoms with Crippen LogP contribution in [0.5, 0.6) is 0 Å². The van der Waals surface area contributed by atoms with Crippen LogP contribution >= 0.6 is 12.4 Å². The Balaban J connectivity index is 0.00000289. The largest absolute Gasteiger partial charge is 0.445 e. The zero-order valence-corrected chi connectivity index (χ0v) is 19.4. The summed E-state index contributed by atoms with van der Waals surface area (Å²) in [5.74, 6) is 0.615. The van der Waals surface area contributed by atoms with Crippen LogP contribution in [0.3, 0.4) is 0 Å². The molecule has 0 saturated carbocycles. The Bertz CT molecular complexity index is 1320. The minimum absolute atomic E-state index is 0. The number of nitrogens with zero attached hydrogens (tertiary/aromatic N) is 2. The monoisotopic (exact) mass is 474 g/mol. The van der Waals surface area contributed by atoms with Crippen molar-refractivity contribution < 1.29 is 17.4 Å². The van der Waals surface area contributed by atoms with Crippen molar-refractivity contribution in [3.63, 3.8) is 0 Å².